The summed E-state index contributed by atoms with van der Waals surface area (Å²) in [5.74, 6) is -0.0221. The summed E-state index contributed by atoms with van der Waals surface area (Å²) in [6.07, 6.45) is -0.00536. The maximum absolute atomic E-state index is 14.3. The van der Waals surface area contributed by atoms with E-state index in [0.29, 0.717) is 13.0 Å². The van der Waals surface area contributed by atoms with E-state index in [-0.39, 0.29) is 12.5 Å². The van der Waals surface area contributed by atoms with Gasteiger partial charge in [0.25, 0.3) is 0 Å². The zero-order chi connectivity index (χ0) is 15.5. The van der Waals surface area contributed by atoms with Gasteiger partial charge < -0.3 is 9.64 Å². The zero-order valence-electron chi connectivity index (χ0n) is 13.0. The third kappa shape index (κ3) is 4.73. The minimum Gasteiger partial charge on any atom is -0.444 e. The number of nitrogens with zero attached hydrogens (tertiary/aromatic N) is 1. The van der Waals surface area contributed by atoms with E-state index in [0.717, 1.165) is 12.0 Å². The standard InChI is InChI=1S/C17H24FNO2/c1-17(2,3)21-16(20)19-10-9-14(15(18)12-19)11-13-7-5-4-6-8-13/h4-8,14-15H,9-12H2,1-3H3/t14-,15+/m1/s1. The van der Waals surface area contributed by atoms with Gasteiger partial charge in [0.05, 0.1) is 6.54 Å². The second kappa shape index (κ2) is 6.46. The molecule has 1 aliphatic heterocycles. The number of likely N-dealkylation sites (tertiary alicyclic amines) is 1. The average Bonchev–Trinajstić information content (AvgIpc) is 2.40. The zero-order valence-corrected chi connectivity index (χ0v) is 13.0. The Hall–Kier alpha value is -1.58. The van der Waals surface area contributed by atoms with Crippen LogP contribution >= 0.6 is 0 Å². The molecule has 1 aromatic carbocycles. The van der Waals surface area contributed by atoms with Crippen molar-refractivity contribution in [1.82, 2.24) is 4.90 Å². The van der Waals surface area contributed by atoms with E-state index in [4.69, 9.17) is 4.74 Å². The van der Waals surface area contributed by atoms with Crippen LogP contribution in [0, 0.1) is 5.92 Å². The highest BCUT2D eigenvalue weighted by atomic mass is 19.1. The van der Waals surface area contributed by atoms with Crippen molar-refractivity contribution in [2.75, 3.05) is 13.1 Å². The Morgan fingerprint density at radius 3 is 2.57 bits per heavy atom. The number of alkyl halides is 1. The predicted molar refractivity (Wildman–Crippen MR) is 81.0 cm³/mol. The Morgan fingerprint density at radius 1 is 1.33 bits per heavy atom. The highest BCUT2D eigenvalue weighted by Gasteiger charge is 2.33. The number of piperidine rings is 1. The fourth-order valence-corrected chi connectivity index (χ4v) is 2.59. The first-order valence-corrected chi connectivity index (χ1v) is 7.51. The monoisotopic (exact) mass is 293 g/mol. The van der Waals surface area contributed by atoms with Gasteiger partial charge in [0.2, 0.25) is 0 Å². The Labute approximate surface area is 126 Å². The molecule has 1 fully saturated rings. The third-order valence-corrected chi connectivity index (χ3v) is 3.67. The van der Waals surface area contributed by atoms with Crippen LogP contribution in [-0.4, -0.2) is 35.9 Å². The molecule has 21 heavy (non-hydrogen) atoms. The van der Waals surface area contributed by atoms with Gasteiger partial charge in [0.15, 0.2) is 0 Å². The van der Waals surface area contributed by atoms with Crippen molar-refractivity contribution < 1.29 is 13.9 Å². The van der Waals surface area contributed by atoms with Gasteiger partial charge in [-0.1, -0.05) is 30.3 Å². The lowest BCUT2D eigenvalue weighted by atomic mass is 9.89. The summed E-state index contributed by atoms with van der Waals surface area (Å²) in [7, 11) is 0. The lowest BCUT2D eigenvalue weighted by Crippen LogP contribution is -2.47. The Kier molecular flexibility index (Phi) is 4.86. The molecular formula is C17H24FNO2. The number of hydrogen-bond donors (Lipinski definition) is 0. The van der Waals surface area contributed by atoms with E-state index in [1.807, 2.05) is 51.1 Å². The number of benzene rings is 1. The third-order valence-electron chi connectivity index (χ3n) is 3.67. The SMILES string of the molecule is CC(C)(C)OC(=O)N1CC[C@H](Cc2ccccc2)[C@@H](F)C1. The molecular weight excluding hydrogens is 269 g/mol. The van der Waals surface area contributed by atoms with Crippen molar-refractivity contribution in [3.8, 4) is 0 Å². The summed E-state index contributed by atoms with van der Waals surface area (Å²) in [5.41, 5.74) is 0.611. The van der Waals surface area contributed by atoms with E-state index in [9.17, 15) is 9.18 Å². The number of hydrogen-bond acceptors (Lipinski definition) is 2. The van der Waals surface area contributed by atoms with E-state index in [1.54, 1.807) is 0 Å². The van der Waals surface area contributed by atoms with Crippen LogP contribution in [0.1, 0.15) is 32.8 Å². The first-order valence-electron chi connectivity index (χ1n) is 7.51. The van der Waals surface area contributed by atoms with Crippen molar-refractivity contribution >= 4 is 6.09 Å². The normalized spacial score (nSPS) is 23.0. The quantitative estimate of drug-likeness (QED) is 0.829. The highest BCUT2D eigenvalue weighted by molar-refractivity contribution is 5.68. The number of amides is 1. The van der Waals surface area contributed by atoms with Gasteiger partial charge in [-0.15, -0.1) is 0 Å². The molecule has 1 aromatic rings. The van der Waals surface area contributed by atoms with Crippen molar-refractivity contribution in [1.29, 1.82) is 0 Å². The van der Waals surface area contributed by atoms with Gasteiger partial charge in [-0.2, -0.15) is 0 Å². The minimum absolute atomic E-state index is 0.0221. The summed E-state index contributed by atoms with van der Waals surface area (Å²) < 4.78 is 19.6. The number of halogens is 1. The van der Waals surface area contributed by atoms with E-state index < -0.39 is 17.9 Å². The fraction of sp³-hybridized carbons (Fsp3) is 0.588. The summed E-state index contributed by atoms with van der Waals surface area (Å²) in [6, 6.07) is 9.94. The number of carbonyl (C=O) groups is 1. The van der Waals surface area contributed by atoms with Gasteiger partial charge in [-0.05, 0) is 45.1 Å². The first kappa shape index (κ1) is 15.8. The second-order valence-corrected chi connectivity index (χ2v) is 6.68. The molecule has 0 N–H and O–H groups in total. The number of rotatable bonds is 2. The summed E-state index contributed by atoms with van der Waals surface area (Å²) in [4.78, 5) is 13.4. The molecule has 2 atom stereocenters. The van der Waals surface area contributed by atoms with Crippen LogP contribution in [0.2, 0.25) is 0 Å². The molecule has 2 rings (SSSR count). The Balaban J connectivity index is 1.89. The molecule has 3 nitrogen and oxygen atoms in total. The summed E-state index contributed by atoms with van der Waals surface area (Å²) in [6.45, 7) is 6.15. The molecule has 0 unspecified atom stereocenters. The fourth-order valence-electron chi connectivity index (χ4n) is 2.59. The van der Waals surface area contributed by atoms with Gasteiger partial charge in [0.1, 0.15) is 11.8 Å². The second-order valence-electron chi connectivity index (χ2n) is 6.68. The molecule has 1 heterocycles. The van der Waals surface area contributed by atoms with Crippen molar-refractivity contribution in [3.63, 3.8) is 0 Å². The van der Waals surface area contributed by atoms with Crippen molar-refractivity contribution in [2.45, 2.75) is 45.4 Å². The van der Waals surface area contributed by atoms with Crippen LogP contribution in [0.25, 0.3) is 0 Å². The molecule has 1 amide bonds. The lowest BCUT2D eigenvalue weighted by molar-refractivity contribution is 0.00552. The molecule has 0 aliphatic carbocycles. The largest absolute Gasteiger partial charge is 0.444 e. The van der Waals surface area contributed by atoms with Gasteiger partial charge in [-0.25, -0.2) is 9.18 Å². The highest BCUT2D eigenvalue weighted by Crippen LogP contribution is 2.25. The van der Waals surface area contributed by atoms with Crippen LogP contribution in [0.5, 0.6) is 0 Å². The Morgan fingerprint density at radius 2 is 2.00 bits per heavy atom. The summed E-state index contributed by atoms with van der Waals surface area (Å²) in [5, 5.41) is 0. The molecule has 0 spiro atoms. The molecule has 0 aromatic heterocycles. The lowest BCUT2D eigenvalue weighted by Gasteiger charge is -2.35. The topological polar surface area (TPSA) is 29.5 Å². The van der Waals surface area contributed by atoms with E-state index in [2.05, 4.69) is 0 Å². The maximum Gasteiger partial charge on any atom is 0.410 e. The Bertz CT molecular complexity index is 469. The molecule has 0 saturated carbocycles. The smallest absolute Gasteiger partial charge is 0.410 e. The molecule has 0 bridgehead atoms. The number of ether oxygens (including phenoxy) is 1. The molecule has 1 aliphatic rings. The maximum atomic E-state index is 14.3. The van der Waals surface area contributed by atoms with Crippen molar-refractivity contribution in [2.24, 2.45) is 5.92 Å². The molecule has 0 radical (unpaired) electrons. The van der Waals surface area contributed by atoms with Gasteiger partial charge in [0, 0.05) is 6.54 Å². The van der Waals surface area contributed by atoms with Crippen LogP contribution < -0.4 is 0 Å². The van der Waals surface area contributed by atoms with E-state index in [1.165, 1.54) is 4.90 Å². The molecule has 4 heteroatoms. The van der Waals surface area contributed by atoms with Crippen LogP contribution in [0.4, 0.5) is 9.18 Å². The summed E-state index contributed by atoms with van der Waals surface area (Å²) >= 11 is 0. The van der Waals surface area contributed by atoms with Crippen LogP contribution in [0.3, 0.4) is 0 Å². The van der Waals surface area contributed by atoms with Crippen LogP contribution in [0.15, 0.2) is 30.3 Å². The first-order chi connectivity index (χ1) is 9.85. The van der Waals surface area contributed by atoms with Crippen LogP contribution in [-0.2, 0) is 11.2 Å². The van der Waals surface area contributed by atoms with Crippen molar-refractivity contribution in [3.05, 3.63) is 35.9 Å². The van der Waals surface area contributed by atoms with Gasteiger partial charge >= 0.3 is 6.09 Å². The average molecular weight is 293 g/mol. The predicted octanol–water partition coefficient (Wildman–Crippen LogP) is 3.82. The number of carbonyl (C=O) groups excluding carboxylic acids is 1. The molecule has 116 valence electrons. The van der Waals surface area contributed by atoms with E-state index >= 15 is 0 Å². The molecule has 1 saturated heterocycles. The minimum atomic E-state index is -0.994. The van der Waals surface area contributed by atoms with Gasteiger partial charge in [-0.3, -0.25) is 0 Å².